The molecule has 57 heavy (non-hydrogen) atoms. The SMILES string of the molecule is c1ccc(-c2ccc(N(c3ccc(-c4c5nc(-c6ccccc6)oc5cc5c4oc4ccccc45)cc3)c3ccc(-c4ccccc4)c4ccccc34)cc2)cc1. The van der Waals surface area contributed by atoms with Gasteiger partial charge in [-0.3, -0.25) is 0 Å². The van der Waals surface area contributed by atoms with E-state index in [0.29, 0.717) is 5.89 Å². The Morgan fingerprint density at radius 3 is 1.60 bits per heavy atom. The highest BCUT2D eigenvalue weighted by Gasteiger charge is 2.23. The fourth-order valence-electron chi connectivity index (χ4n) is 8.20. The fourth-order valence-corrected chi connectivity index (χ4v) is 8.20. The summed E-state index contributed by atoms with van der Waals surface area (Å²) >= 11 is 0. The minimum absolute atomic E-state index is 0.580. The summed E-state index contributed by atoms with van der Waals surface area (Å²) < 4.78 is 13.1. The van der Waals surface area contributed by atoms with Crippen molar-refractivity contribution in [1.82, 2.24) is 4.98 Å². The van der Waals surface area contributed by atoms with E-state index < -0.39 is 0 Å². The van der Waals surface area contributed by atoms with Crippen molar-refractivity contribution in [2.45, 2.75) is 0 Å². The quantitative estimate of drug-likeness (QED) is 0.164. The molecule has 0 atom stereocenters. The van der Waals surface area contributed by atoms with Crippen LogP contribution in [0.2, 0.25) is 0 Å². The van der Waals surface area contributed by atoms with E-state index in [1.807, 2.05) is 48.5 Å². The number of aromatic nitrogens is 1. The zero-order valence-corrected chi connectivity index (χ0v) is 30.8. The molecule has 0 fully saturated rings. The summed E-state index contributed by atoms with van der Waals surface area (Å²) in [7, 11) is 0. The Labute approximate surface area is 329 Å². The molecule has 268 valence electrons. The molecule has 0 saturated heterocycles. The Balaban J connectivity index is 1.09. The Hall–Kier alpha value is -7.69. The van der Waals surface area contributed by atoms with E-state index in [1.54, 1.807) is 0 Å². The van der Waals surface area contributed by atoms with Crippen LogP contribution >= 0.6 is 0 Å². The van der Waals surface area contributed by atoms with Gasteiger partial charge in [-0.1, -0.05) is 152 Å². The van der Waals surface area contributed by atoms with Gasteiger partial charge in [0.1, 0.15) is 16.7 Å². The summed E-state index contributed by atoms with van der Waals surface area (Å²) in [5.74, 6) is 0.580. The van der Waals surface area contributed by atoms with Crippen molar-refractivity contribution in [3.63, 3.8) is 0 Å². The second-order valence-electron chi connectivity index (χ2n) is 14.3. The monoisotopic (exact) mass is 730 g/mol. The number of rotatable bonds is 7. The number of anilines is 3. The molecule has 0 amide bonds. The number of fused-ring (bicyclic) bond motifs is 5. The first-order valence-corrected chi connectivity index (χ1v) is 19.2. The van der Waals surface area contributed by atoms with Gasteiger partial charge in [-0.15, -0.1) is 0 Å². The van der Waals surface area contributed by atoms with Gasteiger partial charge in [0.05, 0.1) is 11.3 Å². The average Bonchev–Trinajstić information content (AvgIpc) is 3.89. The fraction of sp³-hybridized carbons (Fsp3) is 0. The van der Waals surface area contributed by atoms with Crippen LogP contribution in [0.3, 0.4) is 0 Å². The molecule has 9 aromatic carbocycles. The van der Waals surface area contributed by atoms with Crippen molar-refractivity contribution in [2.24, 2.45) is 0 Å². The van der Waals surface area contributed by atoms with Gasteiger partial charge in [0.25, 0.3) is 0 Å². The van der Waals surface area contributed by atoms with Gasteiger partial charge in [-0.2, -0.15) is 0 Å². The normalized spacial score (nSPS) is 11.5. The van der Waals surface area contributed by atoms with Crippen molar-refractivity contribution in [3.8, 4) is 44.8 Å². The van der Waals surface area contributed by atoms with Crippen LogP contribution in [-0.2, 0) is 0 Å². The van der Waals surface area contributed by atoms with Gasteiger partial charge in [0.15, 0.2) is 5.58 Å². The van der Waals surface area contributed by atoms with Crippen molar-refractivity contribution >= 4 is 60.9 Å². The van der Waals surface area contributed by atoms with Gasteiger partial charge < -0.3 is 13.7 Å². The summed E-state index contributed by atoms with van der Waals surface area (Å²) in [5, 5.41) is 4.40. The number of hydrogen-bond donors (Lipinski definition) is 0. The first kappa shape index (κ1) is 32.7. The van der Waals surface area contributed by atoms with Gasteiger partial charge >= 0.3 is 0 Å². The number of hydrogen-bond acceptors (Lipinski definition) is 4. The lowest BCUT2D eigenvalue weighted by molar-refractivity contribution is 0.620. The van der Waals surface area contributed by atoms with Crippen molar-refractivity contribution < 1.29 is 8.83 Å². The maximum atomic E-state index is 6.63. The lowest BCUT2D eigenvalue weighted by Gasteiger charge is -2.28. The molecule has 11 aromatic rings. The van der Waals surface area contributed by atoms with Crippen molar-refractivity contribution in [1.29, 1.82) is 0 Å². The van der Waals surface area contributed by atoms with Crippen LogP contribution in [0.15, 0.2) is 215 Å². The number of oxazole rings is 1. The third-order valence-electron chi connectivity index (χ3n) is 10.9. The highest BCUT2D eigenvalue weighted by atomic mass is 16.4. The highest BCUT2D eigenvalue weighted by molar-refractivity contribution is 6.17. The lowest BCUT2D eigenvalue weighted by Crippen LogP contribution is -2.10. The lowest BCUT2D eigenvalue weighted by atomic mass is 9.96. The Morgan fingerprint density at radius 2 is 0.912 bits per heavy atom. The second-order valence-corrected chi connectivity index (χ2v) is 14.3. The van der Waals surface area contributed by atoms with Crippen LogP contribution in [-0.4, -0.2) is 4.98 Å². The zero-order valence-electron chi connectivity index (χ0n) is 30.8. The molecule has 2 aromatic heterocycles. The summed E-state index contributed by atoms with van der Waals surface area (Å²) in [6.45, 7) is 0. The molecule has 0 unspecified atom stereocenters. The number of nitrogens with zero attached hydrogens (tertiary/aromatic N) is 2. The second kappa shape index (κ2) is 13.6. The van der Waals surface area contributed by atoms with E-state index in [0.717, 1.165) is 66.8 Å². The first-order valence-electron chi connectivity index (χ1n) is 19.2. The minimum Gasteiger partial charge on any atom is -0.455 e. The van der Waals surface area contributed by atoms with Gasteiger partial charge in [-0.05, 0) is 87.8 Å². The molecule has 2 heterocycles. The summed E-state index contributed by atoms with van der Waals surface area (Å²) in [6.07, 6.45) is 0. The van der Waals surface area contributed by atoms with E-state index >= 15 is 0 Å². The molecule has 4 nitrogen and oxygen atoms in total. The van der Waals surface area contributed by atoms with Crippen LogP contribution in [0, 0.1) is 0 Å². The Bertz CT molecular complexity index is 3200. The molecular weight excluding hydrogens is 697 g/mol. The number of para-hydroxylation sites is 1. The maximum Gasteiger partial charge on any atom is 0.227 e. The topological polar surface area (TPSA) is 42.4 Å². The van der Waals surface area contributed by atoms with Crippen LogP contribution < -0.4 is 4.90 Å². The van der Waals surface area contributed by atoms with Gasteiger partial charge in [-0.25, -0.2) is 4.98 Å². The molecule has 0 N–H and O–H groups in total. The molecule has 0 aliphatic heterocycles. The standard InChI is InChI=1S/C53H34N2O2/c1-4-14-35(15-5-1)36-24-28-40(29-25-36)55(47-33-32-42(37-16-6-2-7-17-37)43-20-10-11-21-44(43)47)41-30-26-38(27-31-41)50-51-49(57-53(54-51)39-18-8-3-9-19-39)34-46-45-22-12-13-23-48(45)56-52(46)50/h1-34H. The molecule has 0 spiro atoms. The van der Waals surface area contributed by atoms with Crippen LogP contribution in [0.25, 0.3) is 88.6 Å². The molecule has 0 bridgehead atoms. The molecule has 0 aliphatic carbocycles. The predicted molar refractivity (Wildman–Crippen MR) is 235 cm³/mol. The van der Waals surface area contributed by atoms with Gasteiger partial charge in [0.2, 0.25) is 5.89 Å². The zero-order chi connectivity index (χ0) is 37.7. The first-order chi connectivity index (χ1) is 28.3. The van der Waals surface area contributed by atoms with Gasteiger partial charge in [0, 0.05) is 33.1 Å². The molecule has 0 aliphatic rings. The van der Waals surface area contributed by atoms with Crippen LogP contribution in [0.1, 0.15) is 0 Å². The van der Waals surface area contributed by atoms with E-state index in [1.165, 1.54) is 33.0 Å². The van der Waals surface area contributed by atoms with E-state index in [4.69, 9.17) is 13.8 Å². The molecule has 11 rings (SSSR count). The van der Waals surface area contributed by atoms with Crippen molar-refractivity contribution in [3.05, 3.63) is 206 Å². The molecular formula is C53H34N2O2. The van der Waals surface area contributed by atoms with E-state index in [9.17, 15) is 0 Å². The molecule has 0 radical (unpaired) electrons. The number of benzene rings is 9. The number of furan rings is 1. The third kappa shape index (κ3) is 5.66. The summed E-state index contributed by atoms with van der Waals surface area (Å²) in [5.41, 5.74) is 13.9. The third-order valence-corrected chi connectivity index (χ3v) is 10.9. The molecule has 0 saturated carbocycles. The highest BCUT2D eigenvalue weighted by Crippen LogP contribution is 2.45. The Kier molecular flexibility index (Phi) is 7.78. The van der Waals surface area contributed by atoms with Crippen molar-refractivity contribution in [2.75, 3.05) is 4.90 Å². The van der Waals surface area contributed by atoms with E-state index in [-0.39, 0.29) is 0 Å². The largest absolute Gasteiger partial charge is 0.455 e. The molecule has 4 heteroatoms. The summed E-state index contributed by atoms with van der Waals surface area (Å²) in [4.78, 5) is 7.45. The minimum atomic E-state index is 0.580. The van der Waals surface area contributed by atoms with E-state index in [2.05, 4.69) is 163 Å². The Morgan fingerprint density at radius 1 is 0.368 bits per heavy atom. The predicted octanol–water partition coefficient (Wildman–Crippen LogP) is 15.0. The van der Waals surface area contributed by atoms with Crippen LogP contribution in [0.4, 0.5) is 17.1 Å². The smallest absolute Gasteiger partial charge is 0.227 e. The average molecular weight is 731 g/mol. The summed E-state index contributed by atoms with van der Waals surface area (Å²) in [6, 6.07) is 72.2. The van der Waals surface area contributed by atoms with Crippen LogP contribution in [0.5, 0.6) is 0 Å². The maximum absolute atomic E-state index is 6.63.